The summed E-state index contributed by atoms with van der Waals surface area (Å²) < 4.78 is 11.9. The van der Waals surface area contributed by atoms with E-state index in [4.69, 9.17) is 15.2 Å². The van der Waals surface area contributed by atoms with Crippen LogP contribution in [-0.2, 0) is 4.79 Å². The summed E-state index contributed by atoms with van der Waals surface area (Å²) in [6.07, 6.45) is 0. The van der Waals surface area contributed by atoms with Crippen LogP contribution < -0.4 is 15.2 Å². The van der Waals surface area contributed by atoms with Crippen LogP contribution in [0.5, 0.6) is 11.5 Å². The molecule has 0 spiro atoms. The van der Waals surface area contributed by atoms with E-state index in [0.717, 1.165) is 4.90 Å². The lowest BCUT2D eigenvalue weighted by atomic mass is 9.83. The summed E-state index contributed by atoms with van der Waals surface area (Å²) in [6, 6.07) is 6.52. The summed E-state index contributed by atoms with van der Waals surface area (Å²) >= 11 is 0. The molecule has 2 N–H and O–H groups in total. The van der Waals surface area contributed by atoms with E-state index in [1.807, 2.05) is 6.07 Å². The molecular weight excluding hydrogens is 350 g/mol. The van der Waals surface area contributed by atoms with Crippen molar-refractivity contribution < 1.29 is 23.6 Å². The van der Waals surface area contributed by atoms with Gasteiger partial charge < -0.3 is 15.2 Å². The number of carbonyl (C=O) groups is 2. The summed E-state index contributed by atoms with van der Waals surface area (Å²) in [7, 11) is 5.88. The van der Waals surface area contributed by atoms with E-state index in [0.29, 0.717) is 22.6 Å². The molecule has 2 heterocycles. The normalized spacial score (nSPS) is 19.6. The van der Waals surface area contributed by atoms with E-state index in [9.17, 15) is 14.9 Å². The minimum atomic E-state index is -0.957. The van der Waals surface area contributed by atoms with Crippen LogP contribution in [0.15, 0.2) is 28.8 Å². The monoisotopic (exact) mass is 368 g/mol. The van der Waals surface area contributed by atoms with E-state index in [-0.39, 0.29) is 17.2 Å². The number of carbonyl (C=O) groups excluding carboxylic acids is 2. The van der Waals surface area contributed by atoms with Gasteiger partial charge in [0.25, 0.3) is 5.84 Å². The van der Waals surface area contributed by atoms with E-state index in [1.165, 1.54) is 32.9 Å². The van der Waals surface area contributed by atoms with Crippen molar-refractivity contribution >= 4 is 29.2 Å². The number of benzene rings is 1. The van der Waals surface area contributed by atoms with Crippen molar-refractivity contribution in [1.82, 2.24) is 4.90 Å². The van der Waals surface area contributed by atoms with Gasteiger partial charge in [0, 0.05) is 17.2 Å². The Hall–Kier alpha value is -3.67. The van der Waals surface area contributed by atoms with Crippen LogP contribution in [-0.4, -0.2) is 61.4 Å². The SMILES string of the molecule is COc1ccc(C2=C(C#N)C(N)=NC3=[N+](C)C(=O)N(C)C(=O)C23)c(OC)c1. The smallest absolute Gasteiger partial charge is 0.445 e. The van der Waals surface area contributed by atoms with Gasteiger partial charge in [-0.25, -0.2) is 4.79 Å². The number of nitrogens with zero attached hydrogens (tertiary/aromatic N) is 4. The molecule has 2 aliphatic heterocycles. The van der Waals surface area contributed by atoms with Crippen LogP contribution >= 0.6 is 0 Å². The Labute approximate surface area is 155 Å². The van der Waals surface area contributed by atoms with Gasteiger partial charge in [0.1, 0.15) is 23.1 Å². The fourth-order valence-electron chi connectivity index (χ4n) is 3.20. The number of amides is 3. The second kappa shape index (κ2) is 6.57. The Morgan fingerprint density at radius 3 is 2.59 bits per heavy atom. The quantitative estimate of drug-likeness (QED) is 0.780. The zero-order valence-corrected chi connectivity index (χ0v) is 15.3. The van der Waals surface area contributed by atoms with Crippen molar-refractivity contribution in [2.75, 3.05) is 28.3 Å². The highest BCUT2D eigenvalue weighted by atomic mass is 16.5. The number of urea groups is 1. The van der Waals surface area contributed by atoms with Gasteiger partial charge in [-0.3, -0.25) is 4.79 Å². The average molecular weight is 368 g/mol. The van der Waals surface area contributed by atoms with Crippen molar-refractivity contribution in [2.24, 2.45) is 16.6 Å². The van der Waals surface area contributed by atoms with Gasteiger partial charge >= 0.3 is 11.9 Å². The fraction of sp³-hybridized carbons (Fsp3) is 0.278. The molecule has 0 aromatic heterocycles. The summed E-state index contributed by atoms with van der Waals surface area (Å²) in [5.41, 5.74) is 6.89. The van der Waals surface area contributed by atoms with Gasteiger partial charge in [0.05, 0.1) is 28.3 Å². The third-order valence-electron chi connectivity index (χ3n) is 4.61. The average Bonchev–Trinajstić information content (AvgIpc) is 2.69. The molecule has 0 radical (unpaired) electrons. The highest BCUT2D eigenvalue weighted by Gasteiger charge is 2.50. The molecule has 9 heteroatoms. The number of aliphatic imine (C=N–C) groups is 1. The number of hydrogen-bond donors (Lipinski definition) is 1. The van der Waals surface area contributed by atoms with Gasteiger partial charge in [-0.05, 0) is 12.1 Å². The van der Waals surface area contributed by atoms with Crippen molar-refractivity contribution in [1.29, 1.82) is 5.26 Å². The molecule has 3 rings (SSSR count). The number of fused-ring (bicyclic) bond motifs is 1. The lowest BCUT2D eigenvalue weighted by molar-refractivity contribution is -0.407. The van der Waals surface area contributed by atoms with Crippen LogP contribution in [0.3, 0.4) is 0 Å². The summed E-state index contributed by atoms with van der Waals surface area (Å²) in [5.74, 6) is -0.384. The van der Waals surface area contributed by atoms with Gasteiger partial charge in [-0.2, -0.15) is 14.7 Å². The number of methoxy groups -OCH3 is 2. The molecular formula is C18H18N5O4+. The molecule has 0 fully saturated rings. The Kier molecular flexibility index (Phi) is 4.41. The lowest BCUT2D eigenvalue weighted by Crippen LogP contribution is -2.53. The molecule has 1 aromatic rings. The predicted molar refractivity (Wildman–Crippen MR) is 96.5 cm³/mol. The molecule has 1 atom stereocenters. The van der Waals surface area contributed by atoms with E-state index in [2.05, 4.69) is 4.99 Å². The topological polar surface area (TPSA) is 121 Å². The molecule has 3 amide bonds. The van der Waals surface area contributed by atoms with Gasteiger partial charge in [-0.1, -0.05) is 4.99 Å². The number of nitriles is 1. The Morgan fingerprint density at radius 2 is 2.00 bits per heavy atom. The van der Waals surface area contributed by atoms with E-state index in [1.54, 1.807) is 18.2 Å². The molecule has 0 saturated heterocycles. The molecule has 138 valence electrons. The van der Waals surface area contributed by atoms with Gasteiger partial charge in [0.2, 0.25) is 5.84 Å². The molecule has 1 aromatic carbocycles. The first-order chi connectivity index (χ1) is 12.8. The largest absolute Gasteiger partial charge is 0.497 e. The second-order valence-electron chi connectivity index (χ2n) is 5.99. The zero-order valence-electron chi connectivity index (χ0n) is 15.3. The fourth-order valence-corrected chi connectivity index (χ4v) is 3.20. The minimum Gasteiger partial charge on any atom is -0.497 e. The molecule has 1 unspecified atom stereocenters. The first kappa shape index (κ1) is 18.1. The number of nitrogens with two attached hydrogens (primary N) is 1. The number of rotatable bonds is 3. The number of dihydropyridines is 1. The second-order valence-corrected chi connectivity index (χ2v) is 5.99. The highest BCUT2D eigenvalue weighted by molar-refractivity contribution is 6.27. The van der Waals surface area contributed by atoms with Gasteiger partial charge in [0.15, 0.2) is 5.92 Å². The number of ether oxygens (including phenoxy) is 2. The van der Waals surface area contributed by atoms with Crippen LogP contribution in [0, 0.1) is 17.2 Å². The summed E-state index contributed by atoms with van der Waals surface area (Å²) in [6.45, 7) is 0. The molecule has 0 aliphatic carbocycles. The number of hydrogen-bond acceptors (Lipinski definition) is 7. The molecule has 27 heavy (non-hydrogen) atoms. The van der Waals surface area contributed by atoms with Crippen LogP contribution in [0.4, 0.5) is 4.79 Å². The predicted octanol–water partition coefficient (Wildman–Crippen LogP) is 0.601. The van der Waals surface area contributed by atoms with Crippen LogP contribution in [0.2, 0.25) is 0 Å². The van der Waals surface area contributed by atoms with Crippen molar-refractivity contribution in [3.05, 3.63) is 29.3 Å². The van der Waals surface area contributed by atoms with Crippen LogP contribution in [0.1, 0.15) is 5.56 Å². The zero-order chi connectivity index (χ0) is 19.9. The first-order valence-electron chi connectivity index (χ1n) is 7.99. The Balaban J connectivity index is 2.36. The lowest BCUT2D eigenvalue weighted by Gasteiger charge is -2.29. The standard InChI is InChI=1S/C18H17N5O4/c1-22-16-14(17(24)23(2)18(22)25)13(11(8-19)15(20)21-16)10-6-5-9(26-3)7-12(10)27-4/h5-7,14,20H,1-4H3/p+1. The van der Waals surface area contributed by atoms with Crippen molar-refractivity contribution in [3.63, 3.8) is 0 Å². The molecule has 2 aliphatic rings. The number of imide groups is 1. The van der Waals surface area contributed by atoms with E-state index >= 15 is 0 Å². The maximum absolute atomic E-state index is 12.9. The first-order valence-corrected chi connectivity index (χ1v) is 7.99. The van der Waals surface area contributed by atoms with Crippen molar-refractivity contribution in [2.45, 2.75) is 0 Å². The van der Waals surface area contributed by atoms with Gasteiger partial charge in [-0.15, -0.1) is 0 Å². The Morgan fingerprint density at radius 1 is 1.30 bits per heavy atom. The summed E-state index contributed by atoms with van der Waals surface area (Å²) in [4.78, 5) is 30.4. The number of amidine groups is 2. The third kappa shape index (κ3) is 2.62. The molecule has 9 nitrogen and oxygen atoms in total. The maximum Gasteiger partial charge on any atom is 0.445 e. The van der Waals surface area contributed by atoms with Crippen molar-refractivity contribution in [3.8, 4) is 17.6 Å². The molecule has 0 bridgehead atoms. The minimum absolute atomic E-state index is 0.0615. The molecule has 0 saturated carbocycles. The third-order valence-corrected chi connectivity index (χ3v) is 4.61. The summed E-state index contributed by atoms with van der Waals surface area (Å²) in [5, 5.41) is 9.67. The highest BCUT2D eigenvalue weighted by Crippen LogP contribution is 2.40. The Bertz CT molecular complexity index is 999. The van der Waals surface area contributed by atoms with E-state index < -0.39 is 17.9 Å². The maximum atomic E-state index is 12.9. The van der Waals surface area contributed by atoms with Crippen LogP contribution in [0.25, 0.3) is 5.57 Å².